The lowest BCUT2D eigenvalue weighted by atomic mass is 10.1. The molecule has 0 bridgehead atoms. The molecule has 1 aromatic rings. The molecule has 3 rings (SSSR count). The number of halogens is 1. The van der Waals surface area contributed by atoms with Gasteiger partial charge in [0.05, 0.1) is 24.1 Å². The topological polar surface area (TPSA) is 76.2 Å². The molecule has 2 fully saturated rings. The number of ether oxygens (including phenoxy) is 2. The van der Waals surface area contributed by atoms with Crippen LogP contribution >= 0.6 is 23.4 Å². The zero-order chi connectivity index (χ0) is 21.0. The Hall–Kier alpha value is -2.19. The molecular weight excluding hydrogens is 416 g/mol. The average Bonchev–Trinajstić information content (AvgIpc) is 2.91. The average molecular weight is 439 g/mol. The molecule has 1 aromatic carbocycles. The van der Waals surface area contributed by atoms with Crippen molar-refractivity contribution in [2.45, 2.75) is 25.7 Å². The molecule has 0 aromatic heterocycles. The third kappa shape index (κ3) is 4.87. The lowest BCUT2D eigenvalue weighted by Gasteiger charge is -2.22. The summed E-state index contributed by atoms with van der Waals surface area (Å²) >= 11 is 7.08. The monoisotopic (exact) mass is 438 g/mol. The second kappa shape index (κ2) is 9.54. The number of imide groups is 1. The van der Waals surface area contributed by atoms with Crippen molar-refractivity contribution in [1.82, 2.24) is 9.80 Å². The highest BCUT2D eigenvalue weighted by molar-refractivity contribution is 8.18. The number of benzene rings is 1. The van der Waals surface area contributed by atoms with E-state index in [1.54, 1.807) is 17.0 Å². The third-order valence-corrected chi connectivity index (χ3v) is 6.15. The van der Waals surface area contributed by atoms with Crippen molar-refractivity contribution in [2.75, 3.05) is 33.9 Å². The van der Waals surface area contributed by atoms with Crippen molar-refractivity contribution in [1.29, 1.82) is 0 Å². The van der Waals surface area contributed by atoms with Gasteiger partial charge in [0.25, 0.3) is 11.1 Å². The molecule has 2 heterocycles. The van der Waals surface area contributed by atoms with Crippen molar-refractivity contribution >= 4 is 46.5 Å². The Kier molecular flexibility index (Phi) is 7.08. The quantitative estimate of drug-likeness (QED) is 0.651. The van der Waals surface area contributed by atoms with Gasteiger partial charge in [-0.2, -0.15) is 0 Å². The molecule has 0 aliphatic carbocycles. The Morgan fingerprint density at radius 1 is 1.10 bits per heavy atom. The van der Waals surface area contributed by atoms with Gasteiger partial charge in [0.15, 0.2) is 11.5 Å². The van der Waals surface area contributed by atoms with Crippen LogP contribution < -0.4 is 9.47 Å². The maximum Gasteiger partial charge on any atom is 0.294 e. The molecule has 2 aliphatic heterocycles. The van der Waals surface area contributed by atoms with Gasteiger partial charge >= 0.3 is 0 Å². The maximum absolute atomic E-state index is 12.7. The Bertz CT molecular complexity index is 850. The van der Waals surface area contributed by atoms with Crippen LogP contribution in [0.25, 0.3) is 6.08 Å². The molecule has 3 amide bonds. The Morgan fingerprint density at radius 2 is 1.72 bits per heavy atom. The highest BCUT2D eigenvalue weighted by atomic mass is 35.5. The van der Waals surface area contributed by atoms with Crippen LogP contribution in [0, 0.1) is 0 Å². The highest BCUT2D eigenvalue weighted by Crippen LogP contribution is 2.37. The number of amides is 3. The van der Waals surface area contributed by atoms with Crippen LogP contribution in [0.15, 0.2) is 17.0 Å². The minimum absolute atomic E-state index is 0.195. The normalized spacial score (nSPS) is 18.9. The molecule has 0 saturated carbocycles. The Labute approximate surface area is 178 Å². The fourth-order valence-corrected chi connectivity index (χ4v) is 4.35. The molecule has 0 radical (unpaired) electrons. The first kappa shape index (κ1) is 21.5. The van der Waals surface area contributed by atoms with Gasteiger partial charge in [-0.25, -0.2) is 0 Å². The van der Waals surface area contributed by atoms with Crippen molar-refractivity contribution in [3.05, 3.63) is 27.6 Å². The number of hydrogen-bond acceptors (Lipinski definition) is 6. The number of carbonyl (C=O) groups is 3. The number of methoxy groups -OCH3 is 2. The van der Waals surface area contributed by atoms with Crippen molar-refractivity contribution in [2.24, 2.45) is 0 Å². The van der Waals surface area contributed by atoms with Gasteiger partial charge < -0.3 is 14.4 Å². The van der Waals surface area contributed by atoms with Gasteiger partial charge in [0.1, 0.15) is 6.54 Å². The largest absolute Gasteiger partial charge is 0.493 e. The number of nitrogens with zero attached hydrogens (tertiary/aromatic N) is 2. The van der Waals surface area contributed by atoms with Crippen molar-refractivity contribution in [3.8, 4) is 11.5 Å². The zero-order valence-electron chi connectivity index (χ0n) is 16.4. The molecule has 0 N–H and O–H groups in total. The van der Waals surface area contributed by atoms with E-state index < -0.39 is 11.1 Å². The van der Waals surface area contributed by atoms with Gasteiger partial charge in [-0.1, -0.05) is 24.4 Å². The van der Waals surface area contributed by atoms with E-state index in [4.69, 9.17) is 21.1 Å². The lowest BCUT2D eigenvalue weighted by Crippen LogP contribution is -2.42. The summed E-state index contributed by atoms with van der Waals surface area (Å²) in [6.45, 7) is 1.11. The second-order valence-corrected chi connectivity index (χ2v) is 8.19. The number of thioether (sulfide) groups is 1. The summed E-state index contributed by atoms with van der Waals surface area (Å²) in [6.07, 6.45) is 5.63. The summed E-state index contributed by atoms with van der Waals surface area (Å²) in [5.74, 6) is 0.234. The number of likely N-dealkylation sites (tertiary alicyclic amines) is 1. The summed E-state index contributed by atoms with van der Waals surface area (Å²) in [7, 11) is 3.00. The Morgan fingerprint density at radius 3 is 2.34 bits per heavy atom. The molecule has 29 heavy (non-hydrogen) atoms. The molecule has 7 nitrogen and oxygen atoms in total. The van der Waals surface area contributed by atoms with E-state index in [1.165, 1.54) is 20.3 Å². The summed E-state index contributed by atoms with van der Waals surface area (Å²) in [5.41, 5.74) is 0.522. The zero-order valence-corrected chi connectivity index (χ0v) is 18.0. The smallest absolute Gasteiger partial charge is 0.294 e. The molecular formula is C20H23ClN2O5S. The van der Waals surface area contributed by atoms with Crippen molar-refractivity contribution < 1.29 is 23.9 Å². The third-order valence-electron chi connectivity index (χ3n) is 4.92. The van der Waals surface area contributed by atoms with Crippen molar-refractivity contribution in [3.63, 3.8) is 0 Å². The number of hydrogen-bond donors (Lipinski definition) is 0. The maximum atomic E-state index is 12.7. The van der Waals surface area contributed by atoms with E-state index in [0.29, 0.717) is 35.2 Å². The molecule has 0 atom stereocenters. The van der Waals surface area contributed by atoms with Crippen LogP contribution in [-0.4, -0.2) is 60.7 Å². The minimum Gasteiger partial charge on any atom is -0.493 e. The molecule has 0 spiro atoms. The first-order valence-corrected chi connectivity index (χ1v) is 10.6. The predicted molar refractivity (Wildman–Crippen MR) is 112 cm³/mol. The first-order chi connectivity index (χ1) is 13.9. The molecule has 2 aliphatic rings. The summed E-state index contributed by atoms with van der Waals surface area (Å²) < 4.78 is 10.5. The number of rotatable bonds is 5. The standard InChI is InChI=1S/C20H23ClN2O5S/c1-27-15-9-13(14(21)11-16(15)28-2)10-17-19(25)23(20(26)29-17)12-18(24)22-7-5-3-4-6-8-22/h9-11H,3-8,12H2,1-2H3/b17-10-. The predicted octanol–water partition coefficient (Wildman–Crippen LogP) is 3.80. The van der Waals surface area contributed by atoms with E-state index in [-0.39, 0.29) is 17.4 Å². The Balaban J connectivity index is 1.77. The van der Waals surface area contributed by atoms with Gasteiger partial charge in [-0.3, -0.25) is 19.3 Å². The number of carbonyl (C=O) groups excluding carboxylic acids is 3. The van der Waals surface area contributed by atoms with Crippen LogP contribution in [0.4, 0.5) is 4.79 Å². The SMILES string of the molecule is COc1cc(Cl)c(/C=C2\SC(=O)N(CC(=O)N3CCCCCC3)C2=O)cc1OC. The molecule has 2 saturated heterocycles. The van der Waals surface area contributed by atoms with E-state index in [9.17, 15) is 14.4 Å². The van der Waals surface area contributed by atoms with Crippen LogP contribution in [0.5, 0.6) is 11.5 Å². The van der Waals surface area contributed by atoms with E-state index >= 15 is 0 Å². The summed E-state index contributed by atoms with van der Waals surface area (Å²) in [5, 5.41) is -0.101. The molecule has 9 heteroatoms. The highest BCUT2D eigenvalue weighted by Gasteiger charge is 2.37. The van der Waals surface area contributed by atoms with Gasteiger partial charge in [0.2, 0.25) is 5.91 Å². The van der Waals surface area contributed by atoms with E-state index in [2.05, 4.69) is 0 Å². The fourth-order valence-electron chi connectivity index (χ4n) is 3.31. The van der Waals surface area contributed by atoms with Gasteiger partial charge in [0, 0.05) is 19.2 Å². The van der Waals surface area contributed by atoms with E-state index in [1.807, 2.05) is 0 Å². The summed E-state index contributed by atoms with van der Waals surface area (Å²) in [6, 6.07) is 3.22. The fraction of sp³-hybridized carbons (Fsp3) is 0.450. The van der Waals surface area contributed by atoms with Crippen LogP contribution in [-0.2, 0) is 9.59 Å². The van der Waals surface area contributed by atoms with Gasteiger partial charge in [-0.05, 0) is 42.3 Å². The minimum atomic E-state index is -0.492. The van der Waals surface area contributed by atoms with Crippen LogP contribution in [0.1, 0.15) is 31.2 Å². The van der Waals surface area contributed by atoms with E-state index in [0.717, 1.165) is 42.3 Å². The molecule has 156 valence electrons. The first-order valence-electron chi connectivity index (χ1n) is 9.39. The lowest BCUT2D eigenvalue weighted by molar-refractivity contribution is -0.135. The summed E-state index contributed by atoms with van der Waals surface area (Å²) in [4.78, 5) is 40.6. The second-order valence-electron chi connectivity index (χ2n) is 6.79. The van der Waals surface area contributed by atoms with Crippen LogP contribution in [0.3, 0.4) is 0 Å². The van der Waals surface area contributed by atoms with Gasteiger partial charge in [-0.15, -0.1) is 0 Å². The van der Waals surface area contributed by atoms with Crippen LogP contribution in [0.2, 0.25) is 5.02 Å². The molecule has 0 unspecified atom stereocenters.